The zero-order valence-corrected chi connectivity index (χ0v) is 8.36. The summed E-state index contributed by atoms with van der Waals surface area (Å²) in [7, 11) is 0. The molecule has 1 aliphatic rings. The fraction of sp³-hybridized carbons (Fsp3) is 0.111. The second kappa shape index (κ2) is 2.82. The van der Waals surface area contributed by atoms with E-state index in [0.29, 0.717) is 0 Å². The first-order chi connectivity index (χ1) is 6.45. The molecule has 2 heterocycles. The van der Waals surface area contributed by atoms with Gasteiger partial charge in [0.25, 0.3) is 0 Å². The maximum atomic E-state index is 4.36. The third kappa shape index (κ3) is 1.09. The van der Waals surface area contributed by atoms with Crippen LogP contribution in [0.4, 0.5) is 5.69 Å². The second-order valence-electron chi connectivity index (χ2n) is 2.74. The van der Waals surface area contributed by atoms with Gasteiger partial charge in [-0.3, -0.25) is 4.99 Å². The Morgan fingerprint density at radius 1 is 1.31 bits per heavy atom. The molecule has 0 fully saturated rings. The summed E-state index contributed by atoms with van der Waals surface area (Å²) < 4.78 is 1.25. The van der Waals surface area contributed by atoms with Gasteiger partial charge in [0.1, 0.15) is 0 Å². The number of aliphatic imine (C=N–C) groups is 1. The minimum Gasteiger partial charge on any atom is -0.259 e. The van der Waals surface area contributed by atoms with E-state index in [9.17, 15) is 0 Å². The summed E-state index contributed by atoms with van der Waals surface area (Å²) in [6.45, 7) is 0. The van der Waals surface area contributed by atoms with E-state index < -0.39 is 0 Å². The quantitative estimate of drug-likeness (QED) is 0.661. The molecule has 0 spiro atoms. The predicted octanol–water partition coefficient (Wildman–Crippen LogP) is 3.10. The summed E-state index contributed by atoms with van der Waals surface area (Å²) in [6, 6.07) is 4.16. The average molecular weight is 206 g/mol. The van der Waals surface area contributed by atoms with Crippen LogP contribution in [0, 0.1) is 0 Å². The number of thiazole rings is 1. The highest BCUT2D eigenvalue weighted by Gasteiger charge is 2.11. The molecule has 0 saturated carbocycles. The van der Waals surface area contributed by atoms with E-state index in [1.807, 2.05) is 23.5 Å². The van der Waals surface area contributed by atoms with Crippen molar-refractivity contribution in [3.63, 3.8) is 0 Å². The van der Waals surface area contributed by atoms with E-state index >= 15 is 0 Å². The molecular weight excluding hydrogens is 200 g/mol. The van der Waals surface area contributed by atoms with Crippen molar-refractivity contribution in [3.05, 3.63) is 17.6 Å². The van der Waals surface area contributed by atoms with Crippen LogP contribution < -0.4 is 0 Å². The van der Waals surface area contributed by atoms with Gasteiger partial charge in [0.15, 0.2) is 0 Å². The normalized spacial score (nSPS) is 14.8. The number of hydrogen-bond acceptors (Lipinski definition) is 4. The van der Waals surface area contributed by atoms with Crippen LogP contribution in [0.3, 0.4) is 0 Å². The van der Waals surface area contributed by atoms with E-state index in [-0.39, 0.29) is 0 Å². The number of nitrogens with zero attached hydrogens (tertiary/aromatic N) is 2. The number of rotatable bonds is 0. The SMILES string of the molecule is C1=Nc2ccc3scnc3c2SC1. The van der Waals surface area contributed by atoms with Crippen LogP contribution in [0.2, 0.25) is 0 Å². The molecule has 1 aromatic heterocycles. The Bertz CT molecular complexity index is 487. The number of hydrogen-bond donors (Lipinski definition) is 0. The molecular formula is C9H6N2S2. The maximum Gasteiger partial charge on any atom is 0.0969 e. The van der Waals surface area contributed by atoms with Crippen molar-refractivity contribution in [3.8, 4) is 0 Å². The molecule has 0 amide bonds. The van der Waals surface area contributed by atoms with Gasteiger partial charge in [-0.1, -0.05) is 0 Å². The molecule has 0 atom stereocenters. The topological polar surface area (TPSA) is 25.2 Å². The van der Waals surface area contributed by atoms with Gasteiger partial charge in [-0.2, -0.15) is 0 Å². The van der Waals surface area contributed by atoms with Gasteiger partial charge in [-0.05, 0) is 12.1 Å². The lowest BCUT2D eigenvalue weighted by Crippen LogP contribution is -1.88. The van der Waals surface area contributed by atoms with Gasteiger partial charge in [0.05, 0.1) is 26.3 Å². The van der Waals surface area contributed by atoms with E-state index in [0.717, 1.165) is 17.0 Å². The summed E-state index contributed by atoms with van der Waals surface area (Å²) in [4.78, 5) is 9.93. The van der Waals surface area contributed by atoms with Crippen LogP contribution in [0.1, 0.15) is 0 Å². The van der Waals surface area contributed by atoms with Crippen molar-refractivity contribution < 1.29 is 0 Å². The summed E-state index contributed by atoms with van der Waals surface area (Å²) in [6.07, 6.45) is 1.95. The summed E-state index contributed by atoms with van der Waals surface area (Å²) >= 11 is 3.50. The predicted molar refractivity (Wildman–Crippen MR) is 58.5 cm³/mol. The second-order valence-corrected chi connectivity index (χ2v) is 4.65. The Morgan fingerprint density at radius 2 is 2.31 bits per heavy atom. The van der Waals surface area contributed by atoms with Gasteiger partial charge in [0, 0.05) is 12.0 Å². The van der Waals surface area contributed by atoms with E-state index in [1.54, 1.807) is 11.3 Å². The van der Waals surface area contributed by atoms with Gasteiger partial charge in [-0.15, -0.1) is 23.1 Å². The smallest absolute Gasteiger partial charge is 0.0969 e. The standard InChI is InChI=1S/C9H6N2S2/c1-2-7-8(11-5-13-7)9-6(1)10-3-4-12-9/h1-3,5H,4H2. The van der Waals surface area contributed by atoms with E-state index in [1.165, 1.54) is 9.60 Å². The Hall–Kier alpha value is -0.870. The molecule has 0 N–H and O–H groups in total. The largest absolute Gasteiger partial charge is 0.259 e. The maximum absolute atomic E-state index is 4.36. The lowest BCUT2D eigenvalue weighted by molar-refractivity contribution is 1.36. The highest BCUT2D eigenvalue weighted by molar-refractivity contribution is 8.00. The fourth-order valence-electron chi connectivity index (χ4n) is 1.40. The van der Waals surface area contributed by atoms with Gasteiger partial charge in [-0.25, -0.2) is 4.98 Å². The molecule has 0 unspecified atom stereocenters. The van der Waals surface area contributed by atoms with Crippen molar-refractivity contribution >= 4 is 45.2 Å². The monoisotopic (exact) mass is 206 g/mol. The molecule has 2 nitrogen and oxygen atoms in total. The molecule has 0 bridgehead atoms. The molecule has 1 aliphatic heterocycles. The van der Waals surface area contributed by atoms with Crippen molar-refractivity contribution in [2.45, 2.75) is 4.90 Å². The third-order valence-electron chi connectivity index (χ3n) is 1.97. The van der Waals surface area contributed by atoms with Crippen LogP contribution in [0.25, 0.3) is 10.2 Å². The minimum absolute atomic E-state index is 0.962. The molecule has 0 aliphatic carbocycles. The Balaban J connectivity index is 2.42. The molecule has 3 rings (SSSR count). The van der Waals surface area contributed by atoms with Crippen LogP contribution in [0.15, 0.2) is 27.5 Å². The first-order valence-electron chi connectivity index (χ1n) is 3.97. The van der Waals surface area contributed by atoms with E-state index in [4.69, 9.17) is 0 Å². The van der Waals surface area contributed by atoms with Gasteiger partial charge in [0.2, 0.25) is 0 Å². The van der Waals surface area contributed by atoms with E-state index in [2.05, 4.69) is 22.1 Å². The average Bonchev–Trinajstić information content (AvgIpc) is 2.65. The zero-order chi connectivity index (χ0) is 8.67. The molecule has 0 radical (unpaired) electrons. The number of benzene rings is 1. The molecule has 4 heteroatoms. The lowest BCUT2D eigenvalue weighted by atomic mass is 10.3. The zero-order valence-electron chi connectivity index (χ0n) is 6.73. The number of fused-ring (bicyclic) bond motifs is 3. The van der Waals surface area contributed by atoms with Crippen molar-refractivity contribution in [2.24, 2.45) is 4.99 Å². The fourth-order valence-corrected chi connectivity index (χ4v) is 3.03. The highest BCUT2D eigenvalue weighted by atomic mass is 32.2. The molecule has 64 valence electrons. The van der Waals surface area contributed by atoms with Crippen LogP contribution in [-0.2, 0) is 0 Å². The van der Waals surface area contributed by atoms with Gasteiger partial charge >= 0.3 is 0 Å². The molecule has 0 saturated heterocycles. The summed E-state index contributed by atoms with van der Waals surface area (Å²) in [5.41, 5.74) is 4.07. The van der Waals surface area contributed by atoms with Crippen LogP contribution in [0.5, 0.6) is 0 Å². The van der Waals surface area contributed by atoms with Crippen molar-refractivity contribution in [2.75, 3.05) is 5.75 Å². The Kier molecular flexibility index (Phi) is 1.63. The summed E-state index contributed by atoms with van der Waals surface area (Å²) in [5, 5.41) is 0. The van der Waals surface area contributed by atoms with Gasteiger partial charge < -0.3 is 0 Å². The number of aromatic nitrogens is 1. The summed E-state index contributed by atoms with van der Waals surface area (Å²) in [5.74, 6) is 0.962. The molecule has 2 aromatic rings. The lowest BCUT2D eigenvalue weighted by Gasteiger charge is -2.08. The van der Waals surface area contributed by atoms with Crippen molar-refractivity contribution in [1.82, 2.24) is 4.98 Å². The van der Waals surface area contributed by atoms with Crippen LogP contribution in [-0.4, -0.2) is 17.0 Å². The third-order valence-corrected chi connectivity index (χ3v) is 3.77. The molecule has 13 heavy (non-hydrogen) atoms. The Morgan fingerprint density at radius 3 is 3.31 bits per heavy atom. The highest BCUT2D eigenvalue weighted by Crippen LogP contribution is 2.38. The van der Waals surface area contributed by atoms with Crippen molar-refractivity contribution in [1.29, 1.82) is 0 Å². The Labute approximate surface area is 83.7 Å². The molecule has 1 aromatic carbocycles. The van der Waals surface area contributed by atoms with Crippen LogP contribution >= 0.6 is 23.1 Å². The number of thioether (sulfide) groups is 1. The first kappa shape index (κ1) is 7.53. The minimum atomic E-state index is 0.962. The first-order valence-corrected chi connectivity index (χ1v) is 5.83.